The summed E-state index contributed by atoms with van der Waals surface area (Å²) < 4.78 is 23.6. The van der Waals surface area contributed by atoms with Gasteiger partial charge in [-0.05, 0) is 72.8 Å². The average Bonchev–Trinajstić information content (AvgIpc) is 3.71. The van der Waals surface area contributed by atoms with Crippen molar-refractivity contribution in [3.05, 3.63) is 201 Å². The molecule has 0 aliphatic carbocycles. The van der Waals surface area contributed by atoms with Crippen LogP contribution in [0, 0.1) is 0 Å². The largest absolute Gasteiger partial charge is 0.508 e. The highest BCUT2D eigenvalue weighted by Crippen LogP contribution is 2.58. The number of carbonyl (C=O) groups is 4. The van der Waals surface area contributed by atoms with Crippen molar-refractivity contribution in [1.82, 2.24) is 0 Å². The molecule has 4 aliphatic rings. The van der Waals surface area contributed by atoms with Gasteiger partial charge in [0.25, 0.3) is 0 Å². The van der Waals surface area contributed by atoms with Crippen molar-refractivity contribution < 1.29 is 68.8 Å². The van der Waals surface area contributed by atoms with Gasteiger partial charge >= 0.3 is 23.9 Å². The van der Waals surface area contributed by atoms with Gasteiger partial charge in [-0.3, -0.25) is 0 Å². The zero-order chi connectivity index (χ0) is 43.5. The number of benzene rings is 7. The van der Waals surface area contributed by atoms with Crippen LogP contribution in [0.2, 0.25) is 0 Å². The minimum atomic E-state index is -1.23. The van der Waals surface area contributed by atoms with E-state index in [1.54, 1.807) is 48.5 Å². The third-order valence-electron chi connectivity index (χ3n) is 10.7. The molecule has 2 spiro atoms. The zero-order valence-corrected chi connectivity index (χ0v) is 31.8. The van der Waals surface area contributed by atoms with E-state index in [-0.39, 0.29) is 34.1 Å². The summed E-state index contributed by atoms with van der Waals surface area (Å²) in [5.41, 5.74) is 2.19. The van der Waals surface area contributed by atoms with Crippen LogP contribution in [0.25, 0.3) is 0 Å². The summed E-state index contributed by atoms with van der Waals surface area (Å²) in [6.45, 7) is 0. The lowest BCUT2D eigenvalue weighted by Gasteiger charge is -2.36. The topological polar surface area (TPSA) is 227 Å². The van der Waals surface area contributed by atoms with Crippen LogP contribution in [0.3, 0.4) is 0 Å². The van der Waals surface area contributed by atoms with Gasteiger partial charge in [-0.1, -0.05) is 48.5 Å². The van der Waals surface area contributed by atoms with Gasteiger partial charge in [0.05, 0.1) is 22.3 Å². The molecule has 0 radical (unpaired) electrons. The SMILES string of the molecule is O=C(O)c1ccccc1C(=O)O.O=C1OC2(c3ccc(O)cc3Oc3cc(O)ccc32)c2ccccc21.O=C1OC2(c3ccc(O)cc3Oc3cc(O)ccc32)c2ccccc21. The predicted molar refractivity (Wildman–Crippen MR) is 216 cm³/mol. The number of esters is 2. The molecule has 0 bridgehead atoms. The van der Waals surface area contributed by atoms with Gasteiger partial charge in [0.1, 0.15) is 46.0 Å². The van der Waals surface area contributed by atoms with E-state index in [9.17, 15) is 39.6 Å². The lowest BCUT2D eigenvalue weighted by atomic mass is 9.77. The van der Waals surface area contributed by atoms with E-state index in [1.807, 2.05) is 24.3 Å². The number of phenols is 4. The second-order valence-electron chi connectivity index (χ2n) is 14.3. The van der Waals surface area contributed by atoms with Crippen LogP contribution >= 0.6 is 0 Å². The Morgan fingerprint density at radius 1 is 0.387 bits per heavy atom. The summed E-state index contributed by atoms with van der Waals surface area (Å²) >= 11 is 0. The number of carboxylic acid groups (broad SMARTS) is 2. The first-order valence-corrected chi connectivity index (χ1v) is 18.7. The number of ether oxygens (including phenoxy) is 4. The number of aromatic hydroxyl groups is 4. The van der Waals surface area contributed by atoms with Gasteiger partial charge < -0.3 is 49.6 Å². The molecule has 4 aliphatic heterocycles. The number of fused-ring (bicyclic) bond motifs is 12. The maximum atomic E-state index is 12.5. The lowest BCUT2D eigenvalue weighted by Crippen LogP contribution is -2.32. The van der Waals surface area contributed by atoms with Crippen LogP contribution in [-0.4, -0.2) is 54.5 Å². The predicted octanol–water partition coefficient (Wildman–Crippen LogP) is 8.41. The van der Waals surface area contributed by atoms with E-state index in [1.165, 1.54) is 72.8 Å². The molecule has 0 aromatic heterocycles. The van der Waals surface area contributed by atoms with Crippen LogP contribution in [-0.2, 0) is 20.7 Å². The Bertz CT molecular complexity index is 2740. The molecule has 7 aromatic carbocycles. The van der Waals surface area contributed by atoms with Crippen molar-refractivity contribution >= 4 is 23.9 Å². The van der Waals surface area contributed by atoms with Gasteiger partial charge in [0.2, 0.25) is 0 Å². The minimum absolute atomic E-state index is 0.0371. The summed E-state index contributed by atoms with van der Waals surface area (Å²) in [4.78, 5) is 46.0. The average molecular weight is 831 g/mol. The Hall–Kier alpha value is -8.78. The number of aromatic carboxylic acids is 2. The van der Waals surface area contributed by atoms with Crippen LogP contribution in [0.5, 0.6) is 46.0 Å². The molecule has 14 heteroatoms. The number of carbonyl (C=O) groups excluding carboxylic acids is 2. The Morgan fingerprint density at radius 2 is 0.677 bits per heavy atom. The highest BCUT2D eigenvalue weighted by atomic mass is 16.6. The van der Waals surface area contributed by atoms with Crippen molar-refractivity contribution in [2.75, 3.05) is 0 Å². The molecular formula is C48H30O14. The molecule has 0 unspecified atom stereocenters. The molecule has 0 saturated carbocycles. The fourth-order valence-corrected chi connectivity index (χ4v) is 8.16. The van der Waals surface area contributed by atoms with Gasteiger partial charge in [-0.15, -0.1) is 0 Å². The summed E-state index contributed by atoms with van der Waals surface area (Å²) in [5.74, 6) is -1.64. The van der Waals surface area contributed by atoms with Crippen molar-refractivity contribution in [1.29, 1.82) is 0 Å². The molecule has 0 saturated heterocycles. The molecular weight excluding hydrogens is 801 g/mol. The summed E-state index contributed by atoms with van der Waals surface area (Å²) in [5, 5.41) is 56.4. The summed E-state index contributed by atoms with van der Waals surface area (Å²) in [6, 6.07) is 38.7. The van der Waals surface area contributed by atoms with E-state index >= 15 is 0 Å². The lowest BCUT2D eigenvalue weighted by molar-refractivity contribution is 0.0214. The Kier molecular flexibility index (Phi) is 9.05. The fraction of sp³-hybridized carbons (Fsp3) is 0.0417. The number of rotatable bonds is 2. The number of phenolic OH excluding ortho intramolecular Hbond substituents is 4. The molecule has 0 atom stereocenters. The molecule has 14 nitrogen and oxygen atoms in total. The van der Waals surface area contributed by atoms with E-state index in [0.717, 1.165) is 0 Å². The Morgan fingerprint density at radius 3 is 0.984 bits per heavy atom. The van der Waals surface area contributed by atoms with Gasteiger partial charge in [-0.25, -0.2) is 19.2 Å². The highest BCUT2D eigenvalue weighted by Gasteiger charge is 2.55. The van der Waals surface area contributed by atoms with E-state index in [0.29, 0.717) is 67.5 Å². The first kappa shape index (κ1) is 38.7. The maximum absolute atomic E-state index is 12.5. The van der Waals surface area contributed by atoms with E-state index in [4.69, 9.17) is 29.2 Å². The second kappa shape index (κ2) is 14.5. The minimum Gasteiger partial charge on any atom is -0.508 e. The first-order valence-electron chi connectivity index (χ1n) is 18.7. The molecule has 7 aromatic rings. The molecule has 306 valence electrons. The number of hydrogen-bond acceptors (Lipinski definition) is 12. The van der Waals surface area contributed by atoms with E-state index in [2.05, 4.69) is 0 Å². The van der Waals surface area contributed by atoms with Gasteiger partial charge in [-0.2, -0.15) is 0 Å². The quantitative estimate of drug-likeness (QED) is 0.0900. The zero-order valence-electron chi connectivity index (χ0n) is 31.8. The standard InChI is InChI=1S/2C20H12O5.C8H6O4/c2*21-11-5-7-15-17(9-11)24-18-10-12(22)6-8-16(18)20(15)14-4-2-1-3-13(14)19(23)25-20;9-7(10)5-3-1-2-4-6(5)8(11)12/h2*1-10,21-22H;1-4H,(H,9,10)(H,11,12). The molecule has 6 N–H and O–H groups in total. The normalized spacial score (nSPS) is 14.5. The summed E-state index contributed by atoms with van der Waals surface area (Å²) in [7, 11) is 0. The van der Waals surface area contributed by atoms with E-state index < -0.39 is 35.1 Å². The van der Waals surface area contributed by atoms with Crippen LogP contribution < -0.4 is 9.47 Å². The first-order chi connectivity index (χ1) is 29.8. The highest BCUT2D eigenvalue weighted by molar-refractivity contribution is 6.01. The number of carboxylic acids is 2. The molecule has 0 fully saturated rings. The fourth-order valence-electron chi connectivity index (χ4n) is 8.16. The van der Waals surface area contributed by atoms with Crippen molar-refractivity contribution in [3.8, 4) is 46.0 Å². The van der Waals surface area contributed by atoms with Crippen molar-refractivity contribution in [2.45, 2.75) is 11.2 Å². The van der Waals surface area contributed by atoms with Crippen LogP contribution in [0.15, 0.2) is 146 Å². The molecule has 0 amide bonds. The summed E-state index contributed by atoms with van der Waals surface area (Å²) in [6.07, 6.45) is 0. The van der Waals surface area contributed by atoms with Crippen molar-refractivity contribution in [2.24, 2.45) is 0 Å². The second-order valence-corrected chi connectivity index (χ2v) is 14.3. The third-order valence-corrected chi connectivity index (χ3v) is 10.7. The Labute approximate surface area is 350 Å². The maximum Gasteiger partial charge on any atom is 0.340 e. The monoisotopic (exact) mass is 830 g/mol. The van der Waals surface area contributed by atoms with Gasteiger partial charge in [0, 0.05) is 57.6 Å². The molecule has 4 heterocycles. The molecule has 11 rings (SSSR count). The molecule has 62 heavy (non-hydrogen) atoms. The van der Waals surface area contributed by atoms with Gasteiger partial charge in [0.15, 0.2) is 11.2 Å². The Balaban J connectivity index is 0.000000127. The third kappa shape index (κ3) is 6.04. The number of hydrogen-bond donors (Lipinski definition) is 6. The van der Waals surface area contributed by atoms with Crippen LogP contribution in [0.4, 0.5) is 0 Å². The van der Waals surface area contributed by atoms with Crippen LogP contribution in [0.1, 0.15) is 74.8 Å². The smallest absolute Gasteiger partial charge is 0.340 e. The van der Waals surface area contributed by atoms with Crippen molar-refractivity contribution in [3.63, 3.8) is 0 Å².